The van der Waals surface area contributed by atoms with Crippen molar-refractivity contribution in [3.05, 3.63) is 40.4 Å². The van der Waals surface area contributed by atoms with Gasteiger partial charge in [-0.25, -0.2) is 0 Å². The van der Waals surface area contributed by atoms with Gasteiger partial charge in [-0.2, -0.15) is 0 Å². The van der Waals surface area contributed by atoms with Gasteiger partial charge in [-0.15, -0.1) is 5.10 Å². The summed E-state index contributed by atoms with van der Waals surface area (Å²) < 4.78 is 9.74. The van der Waals surface area contributed by atoms with Crippen molar-refractivity contribution in [2.75, 3.05) is 0 Å². The molecule has 0 bridgehead atoms. The van der Waals surface area contributed by atoms with Crippen molar-refractivity contribution in [1.29, 1.82) is 0 Å². The molecule has 0 aliphatic heterocycles. The molecule has 1 fully saturated rings. The Kier molecular flexibility index (Phi) is 3.98. The van der Waals surface area contributed by atoms with E-state index in [1.54, 1.807) is 0 Å². The number of ether oxygens (including phenoxy) is 1. The van der Waals surface area contributed by atoms with Gasteiger partial charge in [0.25, 0.3) is 0 Å². The molecule has 5 heteroatoms. The van der Waals surface area contributed by atoms with Crippen LogP contribution >= 0.6 is 11.5 Å². The average molecular weight is 290 g/mol. The Balaban J connectivity index is 1.81. The summed E-state index contributed by atoms with van der Waals surface area (Å²) in [5, 5.41) is 14.6. The molecule has 1 aliphatic carbocycles. The van der Waals surface area contributed by atoms with Crippen LogP contribution in [0, 0.1) is 0 Å². The fourth-order valence-electron chi connectivity index (χ4n) is 2.12. The monoisotopic (exact) mass is 290 g/mol. The van der Waals surface area contributed by atoms with Crippen LogP contribution in [-0.4, -0.2) is 20.8 Å². The maximum absolute atomic E-state index is 10.5. The first-order valence-corrected chi connectivity index (χ1v) is 7.81. The van der Waals surface area contributed by atoms with E-state index in [-0.39, 0.29) is 0 Å². The summed E-state index contributed by atoms with van der Waals surface area (Å²) in [5.74, 6) is 0.832. The summed E-state index contributed by atoms with van der Waals surface area (Å²) in [7, 11) is 0. The normalized spacial score (nSPS) is 16.1. The third-order valence-corrected chi connectivity index (χ3v) is 4.14. The van der Waals surface area contributed by atoms with E-state index in [0.717, 1.165) is 47.6 Å². The van der Waals surface area contributed by atoms with Gasteiger partial charge in [-0.1, -0.05) is 30.0 Å². The quantitative estimate of drug-likeness (QED) is 0.888. The zero-order valence-corrected chi connectivity index (χ0v) is 12.3. The molecule has 3 rings (SSSR count). The van der Waals surface area contributed by atoms with E-state index in [1.165, 1.54) is 11.5 Å². The molecule has 106 valence electrons. The van der Waals surface area contributed by atoms with Gasteiger partial charge < -0.3 is 9.84 Å². The lowest BCUT2D eigenvalue weighted by atomic mass is 10.1. The van der Waals surface area contributed by atoms with Crippen molar-refractivity contribution >= 4 is 11.5 Å². The fourth-order valence-corrected chi connectivity index (χ4v) is 2.83. The Hall–Kier alpha value is -1.46. The summed E-state index contributed by atoms with van der Waals surface area (Å²) in [6, 6.07) is 7.69. The molecule has 20 heavy (non-hydrogen) atoms. The Morgan fingerprint density at radius 1 is 1.45 bits per heavy atom. The lowest BCUT2D eigenvalue weighted by molar-refractivity contribution is 0.221. The van der Waals surface area contributed by atoms with Crippen molar-refractivity contribution in [2.45, 2.75) is 44.8 Å². The number of hydrogen-bond acceptors (Lipinski definition) is 5. The zero-order chi connectivity index (χ0) is 13.9. The van der Waals surface area contributed by atoms with E-state index < -0.39 is 6.10 Å². The van der Waals surface area contributed by atoms with Gasteiger partial charge in [0, 0.05) is 0 Å². The molecule has 1 saturated carbocycles. The predicted molar refractivity (Wildman–Crippen MR) is 78.1 cm³/mol. The summed E-state index contributed by atoms with van der Waals surface area (Å²) in [4.78, 5) is 0.843. The summed E-state index contributed by atoms with van der Waals surface area (Å²) in [6.45, 7) is 2.10. The lowest BCUT2D eigenvalue weighted by Crippen LogP contribution is -2.03. The van der Waals surface area contributed by atoms with Crippen LogP contribution in [0.2, 0.25) is 0 Å². The van der Waals surface area contributed by atoms with Gasteiger partial charge >= 0.3 is 0 Å². The zero-order valence-electron chi connectivity index (χ0n) is 11.5. The molecule has 0 amide bonds. The van der Waals surface area contributed by atoms with Crippen molar-refractivity contribution in [3.8, 4) is 5.75 Å². The third-order valence-electron chi connectivity index (χ3n) is 3.32. The number of hydrogen-bond donors (Lipinski definition) is 1. The fraction of sp³-hybridized carbons (Fsp3) is 0.467. The van der Waals surface area contributed by atoms with Crippen LogP contribution in [0.5, 0.6) is 5.75 Å². The van der Waals surface area contributed by atoms with E-state index in [4.69, 9.17) is 4.74 Å². The smallest absolute Gasteiger partial charge is 0.120 e. The molecular formula is C15H18N2O2S. The highest BCUT2D eigenvalue weighted by atomic mass is 32.1. The minimum atomic E-state index is -0.667. The minimum Gasteiger partial charge on any atom is -0.490 e. The Labute approximate surface area is 122 Å². The highest BCUT2D eigenvalue weighted by Crippen LogP contribution is 2.32. The Bertz CT molecular complexity index is 581. The van der Waals surface area contributed by atoms with Crippen LogP contribution in [0.1, 0.15) is 48.4 Å². The second kappa shape index (κ2) is 5.89. The molecule has 1 atom stereocenters. The van der Waals surface area contributed by atoms with Crippen LogP contribution in [-0.2, 0) is 6.42 Å². The second-order valence-corrected chi connectivity index (χ2v) is 5.91. The second-order valence-electron chi connectivity index (χ2n) is 5.13. The van der Waals surface area contributed by atoms with Crippen LogP contribution < -0.4 is 4.74 Å². The summed E-state index contributed by atoms with van der Waals surface area (Å²) in [5.41, 5.74) is 1.74. The van der Waals surface area contributed by atoms with Crippen molar-refractivity contribution < 1.29 is 9.84 Å². The van der Waals surface area contributed by atoms with Crippen LogP contribution in [0.4, 0.5) is 0 Å². The average Bonchev–Trinajstić information content (AvgIpc) is 3.15. The molecule has 0 saturated heterocycles. The van der Waals surface area contributed by atoms with Crippen LogP contribution in [0.25, 0.3) is 0 Å². The van der Waals surface area contributed by atoms with E-state index in [9.17, 15) is 5.11 Å². The summed E-state index contributed by atoms with van der Waals surface area (Å²) >= 11 is 1.27. The number of aromatic nitrogens is 2. The topological polar surface area (TPSA) is 55.2 Å². The largest absolute Gasteiger partial charge is 0.490 e. The van der Waals surface area contributed by atoms with Crippen LogP contribution in [0.3, 0.4) is 0 Å². The van der Waals surface area contributed by atoms with E-state index in [2.05, 4.69) is 16.5 Å². The third kappa shape index (κ3) is 2.99. The Morgan fingerprint density at radius 2 is 2.30 bits per heavy atom. The van der Waals surface area contributed by atoms with Gasteiger partial charge in [0.05, 0.1) is 16.7 Å². The summed E-state index contributed by atoms with van der Waals surface area (Å²) in [6.07, 6.45) is 3.80. The van der Waals surface area contributed by atoms with Gasteiger partial charge in [0.2, 0.25) is 0 Å². The number of aryl methyl sites for hydroxylation is 1. The molecule has 4 nitrogen and oxygen atoms in total. The van der Waals surface area contributed by atoms with E-state index in [1.807, 2.05) is 24.3 Å². The van der Waals surface area contributed by atoms with E-state index in [0.29, 0.717) is 6.10 Å². The predicted octanol–water partition coefficient (Wildman–Crippen LogP) is 3.11. The molecule has 1 aromatic carbocycles. The number of aliphatic hydroxyl groups excluding tert-OH is 1. The first-order valence-electron chi connectivity index (χ1n) is 7.03. The molecular weight excluding hydrogens is 272 g/mol. The number of rotatable bonds is 6. The molecule has 2 aromatic rings. The molecule has 0 radical (unpaired) electrons. The van der Waals surface area contributed by atoms with Gasteiger partial charge in [-0.3, -0.25) is 0 Å². The van der Waals surface area contributed by atoms with Gasteiger partial charge in [0.1, 0.15) is 11.9 Å². The first-order chi connectivity index (χ1) is 9.78. The Morgan fingerprint density at radius 3 is 3.05 bits per heavy atom. The van der Waals surface area contributed by atoms with Crippen molar-refractivity contribution in [1.82, 2.24) is 9.59 Å². The maximum Gasteiger partial charge on any atom is 0.120 e. The maximum atomic E-state index is 10.5. The van der Waals surface area contributed by atoms with Gasteiger partial charge in [0.15, 0.2) is 0 Å². The molecule has 1 N–H and O–H groups in total. The SMILES string of the molecule is CCCc1nnsc1C(O)c1cccc(OC2CC2)c1. The molecule has 1 aliphatic rings. The molecule has 0 spiro atoms. The lowest BCUT2D eigenvalue weighted by Gasteiger charge is -2.12. The van der Waals surface area contributed by atoms with Crippen molar-refractivity contribution in [3.63, 3.8) is 0 Å². The standard InChI is InChI=1S/C15H18N2O2S/c1-2-4-13-15(20-17-16-13)14(18)10-5-3-6-12(9-10)19-11-7-8-11/h3,5-6,9,11,14,18H,2,4,7-8H2,1H3. The molecule has 1 heterocycles. The number of benzene rings is 1. The first kappa shape index (κ1) is 13.5. The number of nitrogens with zero attached hydrogens (tertiary/aromatic N) is 2. The highest BCUT2D eigenvalue weighted by Gasteiger charge is 2.24. The van der Waals surface area contributed by atoms with E-state index >= 15 is 0 Å². The van der Waals surface area contributed by atoms with Crippen molar-refractivity contribution in [2.24, 2.45) is 0 Å². The minimum absolute atomic E-state index is 0.364. The van der Waals surface area contributed by atoms with Gasteiger partial charge in [-0.05, 0) is 48.5 Å². The highest BCUT2D eigenvalue weighted by molar-refractivity contribution is 7.05. The molecule has 1 aromatic heterocycles. The molecule has 1 unspecified atom stereocenters. The number of aliphatic hydroxyl groups is 1. The van der Waals surface area contributed by atoms with Crippen LogP contribution in [0.15, 0.2) is 24.3 Å².